The number of anilines is 2. The Kier molecular flexibility index (Phi) is 3.72. The van der Waals surface area contributed by atoms with Crippen molar-refractivity contribution in [1.29, 1.82) is 0 Å². The predicted molar refractivity (Wildman–Crippen MR) is 108 cm³/mol. The van der Waals surface area contributed by atoms with Crippen LogP contribution in [0.3, 0.4) is 0 Å². The lowest BCUT2D eigenvalue weighted by Crippen LogP contribution is -1.97. The van der Waals surface area contributed by atoms with Gasteiger partial charge < -0.3 is 10.1 Å². The second-order valence-electron chi connectivity index (χ2n) is 6.18. The summed E-state index contributed by atoms with van der Waals surface area (Å²) in [4.78, 5) is 8.97. The van der Waals surface area contributed by atoms with Gasteiger partial charge in [-0.15, -0.1) is 11.3 Å². The normalized spacial score (nSPS) is 11.1. The summed E-state index contributed by atoms with van der Waals surface area (Å²) in [5, 5.41) is 12.5. The minimum absolute atomic E-state index is 0.521. The minimum Gasteiger partial charge on any atom is -0.439 e. The molecule has 6 nitrogen and oxygen atoms in total. The SMILES string of the molecule is Cc1cc(Nc2nc(Oc3ccc4ncsc4c3)cc3ccccc23)n[nH]1. The van der Waals surface area contributed by atoms with Crippen molar-refractivity contribution in [1.82, 2.24) is 20.2 Å². The predicted octanol–water partition coefficient (Wildman–Crippen LogP) is 5.41. The number of rotatable bonds is 4. The van der Waals surface area contributed by atoms with Crippen LogP contribution in [0.15, 0.2) is 60.1 Å². The van der Waals surface area contributed by atoms with Gasteiger partial charge >= 0.3 is 0 Å². The average Bonchev–Trinajstić information content (AvgIpc) is 3.30. The molecular formula is C20H15N5OS. The van der Waals surface area contributed by atoms with Crippen molar-refractivity contribution in [2.75, 3.05) is 5.32 Å². The molecule has 0 fully saturated rings. The van der Waals surface area contributed by atoms with Crippen molar-refractivity contribution < 1.29 is 4.74 Å². The van der Waals surface area contributed by atoms with E-state index in [1.165, 1.54) is 0 Å². The third kappa shape index (κ3) is 3.09. The number of H-pyrrole nitrogens is 1. The number of aromatic amines is 1. The number of aromatic nitrogens is 4. The Labute approximate surface area is 158 Å². The van der Waals surface area contributed by atoms with E-state index in [-0.39, 0.29) is 0 Å². The molecule has 0 amide bonds. The minimum atomic E-state index is 0.521. The van der Waals surface area contributed by atoms with Crippen LogP contribution in [-0.2, 0) is 0 Å². The fourth-order valence-corrected chi connectivity index (χ4v) is 3.65. The van der Waals surface area contributed by atoms with E-state index in [0.29, 0.717) is 17.5 Å². The van der Waals surface area contributed by atoms with Crippen molar-refractivity contribution in [3.05, 3.63) is 65.8 Å². The van der Waals surface area contributed by atoms with Crippen LogP contribution in [0.25, 0.3) is 21.0 Å². The molecule has 3 heterocycles. The highest BCUT2D eigenvalue weighted by atomic mass is 32.1. The van der Waals surface area contributed by atoms with Crippen LogP contribution in [0.5, 0.6) is 11.6 Å². The highest BCUT2D eigenvalue weighted by molar-refractivity contribution is 7.16. The van der Waals surface area contributed by atoms with E-state index in [2.05, 4.69) is 25.5 Å². The quantitative estimate of drug-likeness (QED) is 0.440. The molecule has 7 heteroatoms. The summed E-state index contributed by atoms with van der Waals surface area (Å²) in [7, 11) is 0. The molecule has 5 rings (SSSR count). The van der Waals surface area contributed by atoms with Crippen LogP contribution in [0, 0.1) is 6.92 Å². The van der Waals surface area contributed by atoms with Crippen molar-refractivity contribution in [2.24, 2.45) is 0 Å². The first kappa shape index (κ1) is 15.8. The van der Waals surface area contributed by atoms with Gasteiger partial charge in [-0.3, -0.25) is 5.10 Å². The number of pyridine rings is 1. The number of nitrogens with one attached hydrogen (secondary N) is 2. The van der Waals surface area contributed by atoms with Gasteiger partial charge in [-0.05, 0) is 24.4 Å². The summed E-state index contributed by atoms with van der Waals surface area (Å²) in [6.07, 6.45) is 0. The second kappa shape index (κ2) is 6.37. The molecule has 0 saturated carbocycles. The first-order valence-electron chi connectivity index (χ1n) is 8.44. The molecule has 2 aromatic carbocycles. The summed E-state index contributed by atoms with van der Waals surface area (Å²) in [6, 6.07) is 17.8. The number of hydrogen-bond donors (Lipinski definition) is 2. The van der Waals surface area contributed by atoms with E-state index in [0.717, 1.165) is 32.4 Å². The third-order valence-corrected chi connectivity index (χ3v) is 4.99. The maximum absolute atomic E-state index is 6.05. The van der Waals surface area contributed by atoms with Gasteiger partial charge in [-0.1, -0.05) is 24.3 Å². The van der Waals surface area contributed by atoms with Gasteiger partial charge in [-0.25, -0.2) is 4.98 Å². The monoisotopic (exact) mass is 373 g/mol. The molecule has 0 radical (unpaired) electrons. The zero-order valence-corrected chi connectivity index (χ0v) is 15.2. The molecule has 0 atom stereocenters. The van der Waals surface area contributed by atoms with Gasteiger partial charge in [0.2, 0.25) is 5.88 Å². The van der Waals surface area contributed by atoms with Gasteiger partial charge in [-0.2, -0.15) is 10.1 Å². The van der Waals surface area contributed by atoms with Gasteiger partial charge in [0.1, 0.15) is 11.6 Å². The Morgan fingerprint density at radius 2 is 2.00 bits per heavy atom. The average molecular weight is 373 g/mol. The zero-order valence-electron chi connectivity index (χ0n) is 14.4. The molecule has 2 N–H and O–H groups in total. The summed E-state index contributed by atoms with van der Waals surface area (Å²) in [6.45, 7) is 1.96. The van der Waals surface area contributed by atoms with E-state index in [1.54, 1.807) is 11.3 Å². The van der Waals surface area contributed by atoms with Crippen LogP contribution in [-0.4, -0.2) is 20.2 Å². The molecule has 0 aliphatic carbocycles. The molecular weight excluding hydrogens is 358 g/mol. The van der Waals surface area contributed by atoms with Gasteiger partial charge in [0.25, 0.3) is 0 Å². The zero-order chi connectivity index (χ0) is 18.2. The summed E-state index contributed by atoms with van der Waals surface area (Å²) in [5.41, 5.74) is 3.78. The first-order valence-corrected chi connectivity index (χ1v) is 9.32. The van der Waals surface area contributed by atoms with Crippen molar-refractivity contribution in [3.8, 4) is 11.6 Å². The van der Waals surface area contributed by atoms with Crippen LogP contribution in [0.2, 0.25) is 0 Å². The standard InChI is InChI=1S/C20H15N5OS/c1-12-8-18(25-24-12)22-20-15-5-3-2-4-13(15)9-19(23-20)26-14-6-7-16-17(10-14)27-11-21-16/h2-11H,1H3,(H2,22,23,24,25). The lowest BCUT2D eigenvalue weighted by molar-refractivity contribution is 0.465. The van der Waals surface area contributed by atoms with E-state index in [1.807, 2.05) is 67.0 Å². The van der Waals surface area contributed by atoms with Crippen LogP contribution in [0.4, 0.5) is 11.6 Å². The van der Waals surface area contributed by atoms with Crippen LogP contribution in [0.1, 0.15) is 5.69 Å². The summed E-state index contributed by atoms with van der Waals surface area (Å²) < 4.78 is 7.13. The Hall–Kier alpha value is -3.45. The first-order chi connectivity index (χ1) is 13.2. The molecule has 3 aromatic heterocycles. The molecule has 0 unspecified atom stereocenters. The van der Waals surface area contributed by atoms with E-state index in [9.17, 15) is 0 Å². The number of thiazole rings is 1. The number of hydrogen-bond acceptors (Lipinski definition) is 6. The van der Waals surface area contributed by atoms with Crippen LogP contribution < -0.4 is 10.1 Å². The Bertz CT molecular complexity index is 1260. The molecule has 0 bridgehead atoms. The largest absolute Gasteiger partial charge is 0.439 e. The summed E-state index contributed by atoms with van der Waals surface area (Å²) in [5.74, 6) is 2.67. The lowest BCUT2D eigenvalue weighted by Gasteiger charge is -2.11. The molecule has 0 saturated heterocycles. The molecule has 27 heavy (non-hydrogen) atoms. The molecule has 0 aliphatic rings. The molecule has 5 aromatic rings. The van der Waals surface area contributed by atoms with E-state index in [4.69, 9.17) is 4.74 Å². The van der Waals surface area contributed by atoms with Crippen molar-refractivity contribution >= 4 is 44.0 Å². The Morgan fingerprint density at radius 1 is 1.07 bits per heavy atom. The fraction of sp³-hybridized carbons (Fsp3) is 0.0500. The van der Waals surface area contributed by atoms with Gasteiger partial charge in [0.05, 0.1) is 15.7 Å². The lowest BCUT2D eigenvalue weighted by atomic mass is 10.1. The van der Waals surface area contributed by atoms with Gasteiger partial charge in [0.15, 0.2) is 5.82 Å². The number of nitrogens with zero attached hydrogens (tertiary/aromatic N) is 3. The fourth-order valence-electron chi connectivity index (χ4n) is 2.94. The van der Waals surface area contributed by atoms with Crippen molar-refractivity contribution in [3.63, 3.8) is 0 Å². The Balaban J connectivity index is 1.55. The van der Waals surface area contributed by atoms with E-state index >= 15 is 0 Å². The van der Waals surface area contributed by atoms with Crippen molar-refractivity contribution in [2.45, 2.75) is 6.92 Å². The topological polar surface area (TPSA) is 75.7 Å². The smallest absolute Gasteiger partial charge is 0.221 e. The molecule has 132 valence electrons. The second-order valence-corrected chi connectivity index (χ2v) is 7.06. The molecule has 0 aliphatic heterocycles. The maximum Gasteiger partial charge on any atom is 0.221 e. The van der Waals surface area contributed by atoms with Gasteiger partial charge in [0, 0.05) is 29.3 Å². The number of fused-ring (bicyclic) bond motifs is 2. The number of aryl methyl sites for hydroxylation is 1. The summed E-state index contributed by atoms with van der Waals surface area (Å²) >= 11 is 1.59. The Morgan fingerprint density at radius 3 is 2.89 bits per heavy atom. The van der Waals surface area contributed by atoms with Crippen LogP contribution >= 0.6 is 11.3 Å². The number of ether oxygens (including phenoxy) is 1. The highest BCUT2D eigenvalue weighted by Gasteiger charge is 2.10. The maximum atomic E-state index is 6.05. The third-order valence-electron chi connectivity index (χ3n) is 4.19. The number of benzene rings is 2. The highest BCUT2D eigenvalue weighted by Crippen LogP contribution is 2.31. The molecule has 0 spiro atoms. The van der Waals surface area contributed by atoms with E-state index < -0.39 is 0 Å².